The summed E-state index contributed by atoms with van der Waals surface area (Å²) in [7, 11) is 0. The van der Waals surface area contributed by atoms with Crippen LogP contribution >= 0.6 is 0 Å². The lowest BCUT2D eigenvalue weighted by Crippen LogP contribution is -2.34. The molecule has 0 amide bonds. The van der Waals surface area contributed by atoms with Crippen LogP contribution in [0.5, 0.6) is 0 Å². The van der Waals surface area contributed by atoms with Crippen molar-refractivity contribution in [2.75, 3.05) is 0 Å². The van der Waals surface area contributed by atoms with Crippen LogP contribution in [-0.4, -0.2) is 9.55 Å². The monoisotopic (exact) mass is 190 g/mol. The predicted molar refractivity (Wildman–Crippen MR) is 42.0 cm³/mol. The molecule has 0 spiro atoms. The molecule has 0 atom stereocenters. The number of nitrogens with zero attached hydrogens (tertiary/aromatic N) is 1. The van der Waals surface area contributed by atoms with E-state index in [9.17, 15) is 18.4 Å². The highest BCUT2D eigenvalue weighted by molar-refractivity contribution is 5.00. The van der Waals surface area contributed by atoms with E-state index in [0.29, 0.717) is 0 Å². The molecule has 1 aromatic rings. The van der Waals surface area contributed by atoms with Crippen molar-refractivity contribution < 1.29 is 8.78 Å². The molecule has 1 aromatic heterocycles. The molecule has 0 aromatic carbocycles. The van der Waals surface area contributed by atoms with Crippen LogP contribution in [0.4, 0.5) is 8.78 Å². The van der Waals surface area contributed by atoms with Crippen LogP contribution in [0.1, 0.15) is 19.0 Å². The molecule has 0 aliphatic rings. The number of rotatable bonds is 2. The summed E-state index contributed by atoms with van der Waals surface area (Å²) in [6.45, 7) is 1.75. The Morgan fingerprint density at radius 1 is 1.54 bits per heavy atom. The first-order valence-corrected chi connectivity index (χ1v) is 3.68. The summed E-state index contributed by atoms with van der Waals surface area (Å²) in [5, 5.41) is 0. The van der Waals surface area contributed by atoms with Gasteiger partial charge in [0.15, 0.2) is 0 Å². The van der Waals surface area contributed by atoms with Gasteiger partial charge in [-0.05, 0) is 6.92 Å². The van der Waals surface area contributed by atoms with Crippen LogP contribution in [0.15, 0.2) is 15.7 Å². The third kappa shape index (κ3) is 1.82. The minimum Gasteiger partial charge on any atom is -0.306 e. The number of halogens is 2. The largest absolute Gasteiger partial charge is 0.328 e. The van der Waals surface area contributed by atoms with Gasteiger partial charge in [0.05, 0.1) is 5.69 Å². The Hall–Kier alpha value is -1.46. The van der Waals surface area contributed by atoms with Crippen LogP contribution in [0.2, 0.25) is 0 Å². The number of alkyl halides is 2. The summed E-state index contributed by atoms with van der Waals surface area (Å²) >= 11 is 0. The molecule has 0 bridgehead atoms. The maximum atomic E-state index is 12.0. The van der Waals surface area contributed by atoms with Gasteiger partial charge in [-0.3, -0.25) is 9.36 Å². The summed E-state index contributed by atoms with van der Waals surface area (Å²) in [4.78, 5) is 23.9. The normalized spacial score (nSPS) is 10.8. The van der Waals surface area contributed by atoms with Crippen LogP contribution in [-0.2, 0) is 6.54 Å². The molecule has 1 rings (SSSR count). The van der Waals surface area contributed by atoms with E-state index in [0.717, 1.165) is 10.6 Å². The molecular weight excluding hydrogens is 182 g/mol. The van der Waals surface area contributed by atoms with Gasteiger partial charge in [-0.2, -0.15) is 0 Å². The third-order valence-electron chi connectivity index (χ3n) is 1.59. The summed E-state index contributed by atoms with van der Waals surface area (Å²) in [5.74, 6) is 0. The second kappa shape index (κ2) is 3.51. The van der Waals surface area contributed by atoms with E-state index in [-0.39, 0.29) is 6.54 Å². The van der Waals surface area contributed by atoms with Crippen molar-refractivity contribution in [2.24, 2.45) is 0 Å². The second-order valence-corrected chi connectivity index (χ2v) is 2.41. The Morgan fingerprint density at radius 3 is 2.54 bits per heavy atom. The Kier molecular flexibility index (Phi) is 2.60. The van der Waals surface area contributed by atoms with Gasteiger partial charge in [0.2, 0.25) is 0 Å². The second-order valence-electron chi connectivity index (χ2n) is 2.41. The molecule has 0 radical (unpaired) electrons. The van der Waals surface area contributed by atoms with Crippen LogP contribution in [0, 0.1) is 0 Å². The Bertz CT molecular complexity index is 376. The van der Waals surface area contributed by atoms with E-state index in [1.807, 2.05) is 4.98 Å². The van der Waals surface area contributed by atoms with Crippen molar-refractivity contribution in [3.8, 4) is 0 Å². The zero-order chi connectivity index (χ0) is 10.0. The minimum atomic E-state index is -2.83. The molecule has 6 heteroatoms. The van der Waals surface area contributed by atoms with Crippen molar-refractivity contribution in [3.05, 3.63) is 32.6 Å². The van der Waals surface area contributed by atoms with Gasteiger partial charge in [0.1, 0.15) is 0 Å². The van der Waals surface area contributed by atoms with Crippen LogP contribution in [0.3, 0.4) is 0 Å². The molecule has 72 valence electrons. The van der Waals surface area contributed by atoms with E-state index in [2.05, 4.69) is 0 Å². The van der Waals surface area contributed by atoms with Gasteiger partial charge in [0.25, 0.3) is 12.0 Å². The first kappa shape index (κ1) is 9.63. The Labute approximate surface area is 71.8 Å². The first-order valence-electron chi connectivity index (χ1n) is 3.68. The van der Waals surface area contributed by atoms with Gasteiger partial charge in [-0.1, -0.05) is 0 Å². The molecule has 0 aliphatic heterocycles. The van der Waals surface area contributed by atoms with E-state index in [4.69, 9.17) is 0 Å². The van der Waals surface area contributed by atoms with Gasteiger partial charge in [-0.25, -0.2) is 13.6 Å². The Balaban J connectivity index is 3.38. The fraction of sp³-hybridized carbons (Fsp3) is 0.429. The number of hydrogen-bond acceptors (Lipinski definition) is 2. The smallest absolute Gasteiger partial charge is 0.306 e. The lowest BCUT2D eigenvalue weighted by Gasteiger charge is -2.02. The van der Waals surface area contributed by atoms with Gasteiger partial charge in [-0.15, -0.1) is 0 Å². The van der Waals surface area contributed by atoms with Crippen molar-refractivity contribution in [3.63, 3.8) is 0 Å². The fourth-order valence-electron chi connectivity index (χ4n) is 0.955. The summed E-state index contributed by atoms with van der Waals surface area (Å²) < 4.78 is 24.9. The van der Waals surface area contributed by atoms with E-state index < -0.39 is 23.4 Å². The van der Waals surface area contributed by atoms with Crippen LogP contribution in [0.25, 0.3) is 0 Å². The molecule has 1 N–H and O–H groups in total. The Morgan fingerprint density at radius 2 is 2.15 bits per heavy atom. The summed E-state index contributed by atoms with van der Waals surface area (Å²) in [5.41, 5.74) is -2.15. The van der Waals surface area contributed by atoms with Gasteiger partial charge >= 0.3 is 5.69 Å². The lowest BCUT2D eigenvalue weighted by atomic mass is 10.4. The van der Waals surface area contributed by atoms with E-state index in [1.165, 1.54) is 0 Å². The summed E-state index contributed by atoms with van der Waals surface area (Å²) in [6.07, 6.45) is -2.83. The summed E-state index contributed by atoms with van der Waals surface area (Å²) in [6, 6.07) is 0.732. The average Bonchev–Trinajstić information content (AvgIpc) is 2.03. The zero-order valence-corrected chi connectivity index (χ0v) is 6.88. The number of aromatic nitrogens is 2. The highest BCUT2D eigenvalue weighted by Gasteiger charge is 2.10. The minimum absolute atomic E-state index is 0.164. The van der Waals surface area contributed by atoms with Crippen molar-refractivity contribution in [2.45, 2.75) is 19.9 Å². The molecule has 0 fully saturated rings. The standard InChI is InChI=1S/C7H8F2N2O2/c1-2-11-5(12)3-4(6(8)9)10-7(11)13/h3,6H,2H2,1H3,(H,10,13). The first-order chi connectivity index (χ1) is 6.06. The van der Waals surface area contributed by atoms with Crippen LogP contribution < -0.4 is 11.2 Å². The molecule has 4 nitrogen and oxygen atoms in total. The zero-order valence-electron chi connectivity index (χ0n) is 6.88. The molecule has 0 aliphatic carbocycles. The molecule has 0 unspecified atom stereocenters. The fourth-order valence-corrected chi connectivity index (χ4v) is 0.955. The number of nitrogens with one attached hydrogen (secondary N) is 1. The topological polar surface area (TPSA) is 54.9 Å². The van der Waals surface area contributed by atoms with Gasteiger partial charge < -0.3 is 4.98 Å². The van der Waals surface area contributed by atoms with Crippen molar-refractivity contribution in [1.82, 2.24) is 9.55 Å². The molecule has 13 heavy (non-hydrogen) atoms. The average molecular weight is 190 g/mol. The van der Waals surface area contributed by atoms with Gasteiger partial charge in [0, 0.05) is 12.6 Å². The SMILES string of the molecule is CCn1c(=O)cc(C(F)F)[nH]c1=O. The number of H-pyrrole nitrogens is 1. The van der Waals surface area contributed by atoms with E-state index >= 15 is 0 Å². The maximum absolute atomic E-state index is 12.0. The molecule has 0 saturated carbocycles. The molecule has 1 heterocycles. The maximum Gasteiger partial charge on any atom is 0.328 e. The van der Waals surface area contributed by atoms with Crippen molar-refractivity contribution in [1.29, 1.82) is 0 Å². The lowest BCUT2D eigenvalue weighted by molar-refractivity contribution is 0.145. The quantitative estimate of drug-likeness (QED) is 0.738. The highest BCUT2D eigenvalue weighted by Crippen LogP contribution is 2.11. The van der Waals surface area contributed by atoms with E-state index in [1.54, 1.807) is 6.92 Å². The predicted octanol–water partition coefficient (Wildman–Crippen LogP) is 0.494. The number of aromatic amines is 1. The molecular formula is C7H8F2N2O2. The third-order valence-corrected chi connectivity index (χ3v) is 1.59. The van der Waals surface area contributed by atoms with Crippen molar-refractivity contribution >= 4 is 0 Å². The highest BCUT2D eigenvalue weighted by atomic mass is 19.3. The molecule has 0 saturated heterocycles. The number of hydrogen-bond donors (Lipinski definition) is 1.